The molecule has 0 heterocycles. The molecule has 0 aliphatic rings. The predicted molar refractivity (Wildman–Crippen MR) is 81.0 cm³/mol. The fraction of sp³-hybridized carbons (Fsp3) is 0.333. The van der Waals surface area contributed by atoms with Crippen molar-refractivity contribution >= 4 is 23.2 Å². The van der Waals surface area contributed by atoms with Crippen LogP contribution in [0.3, 0.4) is 0 Å². The molecule has 104 valence electrons. The van der Waals surface area contributed by atoms with Crippen LogP contribution >= 0.6 is 12.4 Å². The second-order valence-corrected chi connectivity index (χ2v) is 4.37. The molecule has 0 aromatic heterocycles. The van der Waals surface area contributed by atoms with Crippen LogP contribution in [0.15, 0.2) is 36.4 Å². The van der Waals surface area contributed by atoms with Crippen molar-refractivity contribution in [1.29, 1.82) is 0 Å². The molecular formula is C15H20ClNO2. The van der Waals surface area contributed by atoms with Gasteiger partial charge in [-0.3, -0.25) is 0 Å². The van der Waals surface area contributed by atoms with Crippen LogP contribution in [0.25, 0.3) is 10.8 Å². The SMILES string of the molecule is COc1ccc([C@H](N)CCCO)c2ccccc12.Cl. The number of aliphatic hydroxyl groups is 1. The average Bonchev–Trinajstić information content (AvgIpc) is 2.43. The number of methoxy groups -OCH3 is 1. The molecule has 0 bridgehead atoms. The van der Waals surface area contributed by atoms with Gasteiger partial charge in [-0.25, -0.2) is 0 Å². The van der Waals surface area contributed by atoms with Gasteiger partial charge < -0.3 is 15.6 Å². The van der Waals surface area contributed by atoms with Crippen molar-refractivity contribution in [3.63, 3.8) is 0 Å². The fourth-order valence-corrected chi connectivity index (χ4v) is 2.26. The van der Waals surface area contributed by atoms with E-state index in [-0.39, 0.29) is 25.1 Å². The van der Waals surface area contributed by atoms with E-state index in [4.69, 9.17) is 15.6 Å². The van der Waals surface area contributed by atoms with Crippen molar-refractivity contribution in [3.8, 4) is 5.75 Å². The topological polar surface area (TPSA) is 55.5 Å². The normalized spacial score (nSPS) is 11.9. The standard InChI is InChI=1S/C15H19NO2.ClH/c1-18-15-9-8-12(14(16)7-4-10-17)11-5-2-3-6-13(11)15;/h2-3,5-6,8-9,14,17H,4,7,10,16H2,1H3;1H/t14-;/m1./s1. The summed E-state index contributed by atoms with van der Waals surface area (Å²) in [6.07, 6.45) is 1.51. The summed E-state index contributed by atoms with van der Waals surface area (Å²) in [6, 6.07) is 12.0. The summed E-state index contributed by atoms with van der Waals surface area (Å²) in [5.41, 5.74) is 7.30. The lowest BCUT2D eigenvalue weighted by Crippen LogP contribution is -2.11. The first-order chi connectivity index (χ1) is 8.77. The van der Waals surface area contributed by atoms with E-state index in [0.29, 0.717) is 0 Å². The molecule has 0 spiro atoms. The molecule has 0 aliphatic heterocycles. The molecule has 0 unspecified atom stereocenters. The monoisotopic (exact) mass is 281 g/mol. The van der Waals surface area contributed by atoms with Crippen LogP contribution in [-0.2, 0) is 0 Å². The molecular weight excluding hydrogens is 262 g/mol. The third-order valence-corrected chi connectivity index (χ3v) is 3.21. The van der Waals surface area contributed by atoms with Crippen molar-refractivity contribution in [2.75, 3.05) is 13.7 Å². The molecule has 0 amide bonds. The van der Waals surface area contributed by atoms with Crippen LogP contribution in [0.4, 0.5) is 0 Å². The first kappa shape index (κ1) is 15.8. The summed E-state index contributed by atoms with van der Waals surface area (Å²) in [5, 5.41) is 11.1. The number of benzene rings is 2. The molecule has 1 atom stereocenters. The lowest BCUT2D eigenvalue weighted by molar-refractivity contribution is 0.280. The Hall–Kier alpha value is -1.29. The van der Waals surface area contributed by atoms with Crippen molar-refractivity contribution < 1.29 is 9.84 Å². The molecule has 4 heteroatoms. The van der Waals surface area contributed by atoms with Crippen LogP contribution in [0, 0.1) is 0 Å². The lowest BCUT2D eigenvalue weighted by atomic mass is 9.96. The number of halogens is 1. The predicted octanol–water partition coefficient (Wildman–Crippen LogP) is 3.04. The van der Waals surface area contributed by atoms with Crippen molar-refractivity contribution in [2.45, 2.75) is 18.9 Å². The van der Waals surface area contributed by atoms with Gasteiger partial charge in [0.2, 0.25) is 0 Å². The molecule has 0 saturated heterocycles. The van der Waals surface area contributed by atoms with E-state index in [9.17, 15) is 0 Å². The van der Waals surface area contributed by atoms with Gasteiger partial charge in [-0.1, -0.05) is 30.3 Å². The molecule has 0 fully saturated rings. The summed E-state index contributed by atoms with van der Waals surface area (Å²) in [5.74, 6) is 0.865. The Balaban J connectivity index is 0.00000180. The second kappa shape index (κ2) is 7.34. The number of fused-ring (bicyclic) bond motifs is 1. The quantitative estimate of drug-likeness (QED) is 0.886. The minimum Gasteiger partial charge on any atom is -0.496 e. The maximum Gasteiger partial charge on any atom is 0.126 e. The molecule has 0 saturated carbocycles. The van der Waals surface area contributed by atoms with Gasteiger partial charge in [0.1, 0.15) is 5.75 Å². The number of rotatable bonds is 5. The third kappa shape index (κ3) is 3.38. The van der Waals surface area contributed by atoms with E-state index in [1.54, 1.807) is 7.11 Å². The van der Waals surface area contributed by atoms with Gasteiger partial charge in [-0.15, -0.1) is 12.4 Å². The van der Waals surface area contributed by atoms with Gasteiger partial charge in [0, 0.05) is 18.0 Å². The Bertz CT molecular complexity index is 531. The zero-order valence-electron chi connectivity index (χ0n) is 11.0. The van der Waals surface area contributed by atoms with Gasteiger partial charge in [-0.05, 0) is 29.9 Å². The Labute approximate surface area is 119 Å². The number of hydrogen-bond acceptors (Lipinski definition) is 3. The molecule has 3 N–H and O–H groups in total. The second-order valence-electron chi connectivity index (χ2n) is 4.37. The molecule has 0 aliphatic carbocycles. The largest absolute Gasteiger partial charge is 0.496 e. The minimum absolute atomic E-state index is 0. The van der Waals surface area contributed by atoms with Crippen molar-refractivity contribution in [2.24, 2.45) is 5.73 Å². The molecule has 3 nitrogen and oxygen atoms in total. The smallest absolute Gasteiger partial charge is 0.126 e. The Morgan fingerprint density at radius 1 is 1.16 bits per heavy atom. The van der Waals surface area contributed by atoms with E-state index < -0.39 is 0 Å². The molecule has 19 heavy (non-hydrogen) atoms. The van der Waals surface area contributed by atoms with Gasteiger partial charge in [-0.2, -0.15) is 0 Å². The summed E-state index contributed by atoms with van der Waals surface area (Å²) in [7, 11) is 1.67. The summed E-state index contributed by atoms with van der Waals surface area (Å²) in [6.45, 7) is 0.182. The maximum absolute atomic E-state index is 8.88. The van der Waals surface area contributed by atoms with Crippen LogP contribution in [0.1, 0.15) is 24.4 Å². The third-order valence-electron chi connectivity index (χ3n) is 3.21. The first-order valence-electron chi connectivity index (χ1n) is 6.20. The molecule has 2 rings (SSSR count). The fourth-order valence-electron chi connectivity index (χ4n) is 2.26. The van der Waals surface area contributed by atoms with E-state index in [1.807, 2.05) is 30.3 Å². The highest BCUT2D eigenvalue weighted by molar-refractivity contribution is 5.91. The molecule has 2 aromatic rings. The summed E-state index contributed by atoms with van der Waals surface area (Å²) < 4.78 is 5.36. The highest BCUT2D eigenvalue weighted by Gasteiger charge is 2.11. The van der Waals surface area contributed by atoms with Gasteiger partial charge in [0.15, 0.2) is 0 Å². The van der Waals surface area contributed by atoms with Gasteiger partial charge >= 0.3 is 0 Å². The summed E-state index contributed by atoms with van der Waals surface area (Å²) in [4.78, 5) is 0. The van der Waals surface area contributed by atoms with Gasteiger partial charge in [0.25, 0.3) is 0 Å². The minimum atomic E-state index is -0.0482. The van der Waals surface area contributed by atoms with E-state index in [2.05, 4.69) is 6.07 Å². The van der Waals surface area contributed by atoms with Gasteiger partial charge in [0.05, 0.1) is 7.11 Å². The van der Waals surface area contributed by atoms with E-state index in [0.717, 1.165) is 34.9 Å². The number of aliphatic hydroxyl groups excluding tert-OH is 1. The number of hydrogen-bond donors (Lipinski definition) is 2. The van der Waals surface area contributed by atoms with Crippen LogP contribution in [-0.4, -0.2) is 18.8 Å². The zero-order valence-corrected chi connectivity index (χ0v) is 11.8. The maximum atomic E-state index is 8.88. The van der Waals surface area contributed by atoms with E-state index >= 15 is 0 Å². The molecule has 2 aromatic carbocycles. The van der Waals surface area contributed by atoms with Crippen LogP contribution in [0.2, 0.25) is 0 Å². The van der Waals surface area contributed by atoms with Crippen molar-refractivity contribution in [1.82, 2.24) is 0 Å². The highest BCUT2D eigenvalue weighted by Crippen LogP contribution is 2.31. The van der Waals surface area contributed by atoms with Crippen LogP contribution in [0.5, 0.6) is 5.75 Å². The average molecular weight is 282 g/mol. The Morgan fingerprint density at radius 3 is 2.47 bits per heavy atom. The molecule has 0 radical (unpaired) electrons. The van der Waals surface area contributed by atoms with Crippen LogP contribution < -0.4 is 10.5 Å². The van der Waals surface area contributed by atoms with E-state index in [1.165, 1.54) is 0 Å². The number of ether oxygens (including phenoxy) is 1. The highest BCUT2D eigenvalue weighted by atomic mass is 35.5. The Morgan fingerprint density at radius 2 is 1.84 bits per heavy atom. The number of nitrogens with two attached hydrogens (primary N) is 1. The lowest BCUT2D eigenvalue weighted by Gasteiger charge is -2.16. The summed E-state index contributed by atoms with van der Waals surface area (Å²) >= 11 is 0. The first-order valence-corrected chi connectivity index (χ1v) is 6.20. The zero-order chi connectivity index (χ0) is 13.0. The Kier molecular flexibility index (Phi) is 6.09. The van der Waals surface area contributed by atoms with Crippen molar-refractivity contribution in [3.05, 3.63) is 42.0 Å².